The summed E-state index contributed by atoms with van der Waals surface area (Å²) in [4.78, 5) is 13.0. The predicted molar refractivity (Wildman–Crippen MR) is 108 cm³/mol. The normalized spacial score (nSPS) is 16.0. The molecule has 7 heteroatoms. The number of hydrogen-bond donors (Lipinski definition) is 0. The highest BCUT2D eigenvalue weighted by molar-refractivity contribution is 9.10. The van der Waals surface area contributed by atoms with Crippen LogP contribution in [0.25, 0.3) is 6.08 Å². The Morgan fingerprint density at radius 3 is 2.40 bits per heavy atom. The Kier molecular flexibility index (Phi) is 5.43. The van der Waals surface area contributed by atoms with Gasteiger partial charge in [0.2, 0.25) is 0 Å². The van der Waals surface area contributed by atoms with Crippen molar-refractivity contribution in [2.75, 3.05) is 0 Å². The standard InChI is InChI=1S/C18H10BrN3OS2/c19-15-7-5-14(6-8-15)11-21-22-17(23)16(25-18(22)24)9-12-1-3-13(10-20)4-2-12/h1-9,11H/b16-9+,21-11+. The molecule has 0 atom stereocenters. The number of thioether (sulfide) groups is 1. The Hall–Kier alpha value is -2.27. The first-order valence-electron chi connectivity index (χ1n) is 7.14. The van der Waals surface area contributed by atoms with E-state index in [-0.39, 0.29) is 5.91 Å². The van der Waals surface area contributed by atoms with Gasteiger partial charge in [0.15, 0.2) is 4.32 Å². The second kappa shape index (κ2) is 7.74. The molecule has 1 aliphatic heterocycles. The molecule has 0 saturated carbocycles. The van der Waals surface area contributed by atoms with Crippen LogP contribution >= 0.6 is 39.9 Å². The minimum atomic E-state index is -0.257. The first-order valence-corrected chi connectivity index (χ1v) is 9.16. The molecule has 3 rings (SSSR count). The molecule has 0 aromatic heterocycles. The lowest BCUT2D eigenvalue weighted by molar-refractivity contribution is -0.122. The van der Waals surface area contributed by atoms with Crippen LogP contribution in [-0.2, 0) is 4.79 Å². The molecule has 1 heterocycles. The first kappa shape index (κ1) is 17.5. The topological polar surface area (TPSA) is 56.5 Å². The number of carbonyl (C=O) groups is 1. The van der Waals surface area contributed by atoms with E-state index in [1.165, 1.54) is 16.8 Å². The zero-order valence-corrected chi connectivity index (χ0v) is 15.9. The minimum Gasteiger partial charge on any atom is -0.266 e. The summed E-state index contributed by atoms with van der Waals surface area (Å²) in [5, 5.41) is 14.2. The van der Waals surface area contributed by atoms with Gasteiger partial charge < -0.3 is 0 Å². The fourth-order valence-corrected chi connectivity index (χ4v) is 3.47. The van der Waals surface area contributed by atoms with Gasteiger partial charge in [0.05, 0.1) is 22.8 Å². The van der Waals surface area contributed by atoms with Gasteiger partial charge in [0, 0.05) is 4.47 Å². The Labute approximate surface area is 163 Å². The lowest BCUT2D eigenvalue weighted by Gasteiger charge is -2.06. The molecule has 1 fully saturated rings. The van der Waals surface area contributed by atoms with Gasteiger partial charge in [0.25, 0.3) is 5.91 Å². The summed E-state index contributed by atoms with van der Waals surface area (Å²) in [6.45, 7) is 0. The van der Waals surface area contributed by atoms with Crippen molar-refractivity contribution < 1.29 is 4.79 Å². The maximum Gasteiger partial charge on any atom is 0.286 e. The lowest BCUT2D eigenvalue weighted by atomic mass is 10.1. The van der Waals surface area contributed by atoms with Gasteiger partial charge in [-0.3, -0.25) is 4.79 Å². The van der Waals surface area contributed by atoms with Gasteiger partial charge in [-0.15, -0.1) is 0 Å². The number of thiocarbonyl (C=S) groups is 1. The van der Waals surface area contributed by atoms with Gasteiger partial charge in [-0.2, -0.15) is 15.4 Å². The molecule has 0 bridgehead atoms. The number of halogens is 1. The number of hydrogen-bond acceptors (Lipinski definition) is 5. The van der Waals surface area contributed by atoms with Gasteiger partial charge in [-0.05, 0) is 53.7 Å². The summed E-state index contributed by atoms with van der Waals surface area (Å²) < 4.78 is 1.36. The first-order chi connectivity index (χ1) is 12.1. The van der Waals surface area contributed by atoms with E-state index in [1.54, 1.807) is 36.6 Å². The van der Waals surface area contributed by atoms with Crippen molar-refractivity contribution in [3.05, 3.63) is 74.6 Å². The molecular weight excluding hydrogens is 418 g/mol. The Balaban J connectivity index is 1.78. The quantitative estimate of drug-likeness (QED) is 0.409. The lowest BCUT2D eigenvalue weighted by Crippen LogP contribution is -2.22. The summed E-state index contributed by atoms with van der Waals surface area (Å²) in [6.07, 6.45) is 3.34. The van der Waals surface area contributed by atoms with E-state index in [0.29, 0.717) is 14.8 Å². The molecule has 0 unspecified atom stereocenters. The largest absolute Gasteiger partial charge is 0.286 e. The maximum absolute atomic E-state index is 12.5. The van der Waals surface area contributed by atoms with E-state index < -0.39 is 0 Å². The predicted octanol–water partition coefficient (Wildman–Crippen LogP) is 4.56. The number of hydrazone groups is 1. The van der Waals surface area contributed by atoms with E-state index in [4.69, 9.17) is 17.5 Å². The molecule has 25 heavy (non-hydrogen) atoms. The number of nitriles is 1. The average molecular weight is 428 g/mol. The fourth-order valence-electron chi connectivity index (χ4n) is 2.04. The molecular formula is C18H10BrN3OS2. The van der Waals surface area contributed by atoms with Crippen molar-refractivity contribution in [2.24, 2.45) is 5.10 Å². The van der Waals surface area contributed by atoms with E-state index in [9.17, 15) is 4.79 Å². The van der Waals surface area contributed by atoms with E-state index >= 15 is 0 Å². The summed E-state index contributed by atoms with van der Waals surface area (Å²) in [5.41, 5.74) is 2.27. The number of rotatable bonds is 3. The molecule has 0 spiro atoms. The Morgan fingerprint density at radius 2 is 1.76 bits per heavy atom. The van der Waals surface area contributed by atoms with Crippen LogP contribution < -0.4 is 0 Å². The van der Waals surface area contributed by atoms with Crippen LogP contribution in [0.5, 0.6) is 0 Å². The van der Waals surface area contributed by atoms with Gasteiger partial charge in [-0.1, -0.05) is 52.0 Å². The maximum atomic E-state index is 12.5. The van der Waals surface area contributed by atoms with Crippen LogP contribution in [0.3, 0.4) is 0 Å². The average Bonchev–Trinajstić information content (AvgIpc) is 2.89. The minimum absolute atomic E-state index is 0.257. The zero-order valence-electron chi connectivity index (χ0n) is 12.7. The SMILES string of the molecule is N#Cc1ccc(/C=C2/SC(=S)N(/N=C/c3ccc(Br)cc3)C2=O)cc1. The second-order valence-electron chi connectivity index (χ2n) is 5.02. The highest BCUT2D eigenvalue weighted by Gasteiger charge is 2.31. The summed E-state index contributed by atoms with van der Waals surface area (Å²) in [6, 6.07) is 16.6. The van der Waals surface area contributed by atoms with Crippen LogP contribution in [-0.4, -0.2) is 21.5 Å². The van der Waals surface area contributed by atoms with Gasteiger partial charge >= 0.3 is 0 Å². The Bertz CT molecular complexity index is 928. The molecule has 0 aliphatic carbocycles. The van der Waals surface area contributed by atoms with Crippen molar-refractivity contribution in [1.82, 2.24) is 5.01 Å². The van der Waals surface area contributed by atoms with Crippen molar-refractivity contribution in [1.29, 1.82) is 5.26 Å². The monoisotopic (exact) mass is 427 g/mol. The second-order valence-corrected chi connectivity index (χ2v) is 7.61. The van der Waals surface area contributed by atoms with Crippen LogP contribution in [0, 0.1) is 11.3 Å². The van der Waals surface area contributed by atoms with Crippen LogP contribution in [0.2, 0.25) is 0 Å². The molecule has 0 N–H and O–H groups in total. The molecule has 1 aliphatic rings. The van der Waals surface area contributed by atoms with Crippen molar-refractivity contribution >= 4 is 62.4 Å². The molecule has 122 valence electrons. The van der Waals surface area contributed by atoms with E-state index in [2.05, 4.69) is 27.1 Å². The third kappa shape index (κ3) is 4.23. The van der Waals surface area contributed by atoms with Crippen molar-refractivity contribution in [3.8, 4) is 6.07 Å². The molecule has 2 aromatic carbocycles. The zero-order chi connectivity index (χ0) is 17.8. The summed E-state index contributed by atoms with van der Waals surface area (Å²) in [7, 11) is 0. The third-order valence-electron chi connectivity index (χ3n) is 3.30. The molecule has 0 radical (unpaired) electrons. The molecule has 1 amide bonds. The number of benzene rings is 2. The summed E-state index contributed by atoms with van der Waals surface area (Å²) in [5.74, 6) is -0.257. The van der Waals surface area contributed by atoms with Crippen molar-refractivity contribution in [2.45, 2.75) is 0 Å². The highest BCUT2D eigenvalue weighted by atomic mass is 79.9. The number of amides is 1. The molecule has 4 nitrogen and oxygen atoms in total. The molecule has 2 aromatic rings. The van der Waals surface area contributed by atoms with E-state index in [0.717, 1.165) is 15.6 Å². The van der Waals surface area contributed by atoms with Gasteiger partial charge in [-0.25, -0.2) is 0 Å². The fraction of sp³-hybridized carbons (Fsp3) is 0. The van der Waals surface area contributed by atoms with Crippen molar-refractivity contribution in [3.63, 3.8) is 0 Å². The van der Waals surface area contributed by atoms with Gasteiger partial charge in [0.1, 0.15) is 0 Å². The highest BCUT2D eigenvalue weighted by Crippen LogP contribution is 2.32. The number of carbonyl (C=O) groups excluding carboxylic acids is 1. The van der Waals surface area contributed by atoms with Crippen LogP contribution in [0.4, 0.5) is 0 Å². The van der Waals surface area contributed by atoms with E-state index in [1.807, 2.05) is 24.3 Å². The number of nitrogens with zero attached hydrogens (tertiary/aromatic N) is 3. The molecule has 1 saturated heterocycles. The summed E-state index contributed by atoms with van der Waals surface area (Å²) >= 11 is 9.83. The third-order valence-corrected chi connectivity index (χ3v) is 5.11. The van der Waals surface area contributed by atoms with Crippen LogP contribution in [0.1, 0.15) is 16.7 Å². The Morgan fingerprint density at radius 1 is 1.12 bits per heavy atom. The smallest absolute Gasteiger partial charge is 0.266 e. The van der Waals surface area contributed by atoms with Crippen LogP contribution in [0.15, 0.2) is 63.0 Å².